The predicted octanol–water partition coefficient (Wildman–Crippen LogP) is 2.09. The van der Waals surface area contributed by atoms with Gasteiger partial charge in [0.2, 0.25) is 0 Å². The summed E-state index contributed by atoms with van der Waals surface area (Å²) in [6.07, 6.45) is 3.28. The Labute approximate surface area is 104 Å². The van der Waals surface area contributed by atoms with Gasteiger partial charge in [0.1, 0.15) is 5.52 Å². The quantitative estimate of drug-likeness (QED) is 0.651. The second kappa shape index (κ2) is 4.07. The largest absolute Gasteiger partial charge is 0.297 e. The molecule has 88 valence electrons. The van der Waals surface area contributed by atoms with Crippen molar-refractivity contribution in [1.82, 2.24) is 14.8 Å². The minimum atomic E-state index is -0.192. The lowest BCUT2D eigenvalue weighted by Gasteiger charge is -2.07. The Balaban J connectivity index is 2.35. The molecule has 4 heteroatoms. The molecule has 1 aromatic carbocycles. The number of aromatic nitrogens is 3. The molecule has 0 bridgehead atoms. The van der Waals surface area contributed by atoms with Gasteiger partial charge in [-0.05, 0) is 30.7 Å². The zero-order chi connectivity index (χ0) is 12.5. The SMILES string of the molecule is Cc1ccccc1-n1ncc2cccnc2c1=O. The lowest BCUT2D eigenvalue weighted by Crippen LogP contribution is -2.22. The Morgan fingerprint density at radius 1 is 1.11 bits per heavy atom. The van der Waals surface area contributed by atoms with Gasteiger partial charge in [0, 0.05) is 11.6 Å². The van der Waals surface area contributed by atoms with Crippen LogP contribution in [0.1, 0.15) is 5.56 Å². The number of aryl methyl sites for hydroxylation is 1. The zero-order valence-corrected chi connectivity index (χ0v) is 9.87. The van der Waals surface area contributed by atoms with Crippen LogP contribution < -0.4 is 5.56 Å². The van der Waals surface area contributed by atoms with Crippen molar-refractivity contribution in [2.75, 3.05) is 0 Å². The summed E-state index contributed by atoms with van der Waals surface area (Å²) in [4.78, 5) is 16.4. The third-order valence-electron chi connectivity index (χ3n) is 2.89. The van der Waals surface area contributed by atoms with Crippen molar-refractivity contribution in [3.8, 4) is 5.69 Å². The first-order valence-electron chi connectivity index (χ1n) is 5.66. The van der Waals surface area contributed by atoms with Gasteiger partial charge in [0.15, 0.2) is 0 Å². The van der Waals surface area contributed by atoms with Crippen molar-refractivity contribution in [3.05, 3.63) is 64.7 Å². The standard InChI is InChI=1S/C14H11N3O/c1-10-5-2-3-7-12(10)17-14(18)13-11(9-16-17)6-4-8-15-13/h2-9H,1H3. The average Bonchev–Trinajstić information content (AvgIpc) is 2.41. The Morgan fingerprint density at radius 2 is 1.94 bits per heavy atom. The number of rotatable bonds is 1. The first-order chi connectivity index (χ1) is 8.77. The molecule has 2 heterocycles. The zero-order valence-electron chi connectivity index (χ0n) is 9.87. The number of benzene rings is 1. The third kappa shape index (κ3) is 1.59. The molecular weight excluding hydrogens is 226 g/mol. The molecule has 0 saturated heterocycles. The highest BCUT2D eigenvalue weighted by atomic mass is 16.1. The Morgan fingerprint density at radius 3 is 2.78 bits per heavy atom. The number of para-hydroxylation sites is 1. The van der Waals surface area contributed by atoms with Crippen molar-refractivity contribution in [1.29, 1.82) is 0 Å². The fourth-order valence-corrected chi connectivity index (χ4v) is 1.95. The molecule has 0 amide bonds. The summed E-state index contributed by atoms with van der Waals surface area (Å²) in [5.74, 6) is 0. The van der Waals surface area contributed by atoms with Gasteiger partial charge in [-0.3, -0.25) is 9.78 Å². The van der Waals surface area contributed by atoms with E-state index in [1.807, 2.05) is 37.3 Å². The van der Waals surface area contributed by atoms with Crippen molar-refractivity contribution in [3.63, 3.8) is 0 Å². The summed E-state index contributed by atoms with van der Waals surface area (Å²) in [6.45, 7) is 1.95. The second-order valence-electron chi connectivity index (χ2n) is 4.09. The van der Waals surface area contributed by atoms with Crippen molar-refractivity contribution in [2.45, 2.75) is 6.92 Å². The number of hydrogen-bond donors (Lipinski definition) is 0. The van der Waals surface area contributed by atoms with Gasteiger partial charge in [-0.25, -0.2) is 0 Å². The first-order valence-corrected chi connectivity index (χ1v) is 5.66. The molecule has 0 aliphatic heterocycles. The van der Waals surface area contributed by atoms with Crippen LogP contribution in [-0.4, -0.2) is 14.8 Å². The van der Waals surface area contributed by atoms with Crippen molar-refractivity contribution in [2.24, 2.45) is 0 Å². The van der Waals surface area contributed by atoms with Crippen LogP contribution in [-0.2, 0) is 0 Å². The molecule has 0 spiro atoms. The van der Waals surface area contributed by atoms with Crippen LogP contribution in [0.4, 0.5) is 0 Å². The number of fused-ring (bicyclic) bond motifs is 1. The van der Waals surface area contributed by atoms with Crippen molar-refractivity contribution >= 4 is 10.9 Å². The molecule has 0 aliphatic rings. The average molecular weight is 237 g/mol. The van der Waals surface area contributed by atoms with Crippen LogP contribution in [0.2, 0.25) is 0 Å². The maximum absolute atomic E-state index is 12.3. The van der Waals surface area contributed by atoms with E-state index in [4.69, 9.17) is 0 Å². The van der Waals surface area contributed by atoms with Crippen LogP contribution in [0.15, 0.2) is 53.6 Å². The molecule has 0 radical (unpaired) electrons. The van der Waals surface area contributed by atoms with E-state index in [2.05, 4.69) is 10.1 Å². The van der Waals surface area contributed by atoms with Crippen LogP contribution in [0.3, 0.4) is 0 Å². The van der Waals surface area contributed by atoms with E-state index in [1.165, 1.54) is 4.68 Å². The molecule has 0 fully saturated rings. The van der Waals surface area contributed by atoms with E-state index in [0.29, 0.717) is 5.52 Å². The van der Waals surface area contributed by atoms with Crippen LogP contribution in [0, 0.1) is 6.92 Å². The molecule has 0 saturated carbocycles. The minimum Gasteiger partial charge on any atom is -0.265 e. The molecule has 0 N–H and O–H groups in total. The maximum Gasteiger partial charge on any atom is 0.297 e. The van der Waals surface area contributed by atoms with E-state index in [0.717, 1.165) is 16.6 Å². The van der Waals surface area contributed by atoms with E-state index >= 15 is 0 Å². The first kappa shape index (κ1) is 10.7. The Bertz CT molecular complexity index is 777. The molecule has 0 atom stereocenters. The molecular formula is C14H11N3O. The second-order valence-corrected chi connectivity index (χ2v) is 4.09. The highest BCUT2D eigenvalue weighted by Gasteiger charge is 2.07. The predicted molar refractivity (Wildman–Crippen MR) is 69.9 cm³/mol. The van der Waals surface area contributed by atoms with Gasteiger partial charge in [0.25, 0.3) is 5.56 Å². The van der Waals surface area contributed by atoms with Gasteiger partial charge in [0.05, 0.1) is 11.9 Å². The summed E-state index contributed by atoms with van der Waals surface area (Å²) in [5.41, 5.74) is 2.04. The Kier molecular flexibility index (Phi) is 2.41. The molecule has 18 heavy (non-hydrogen) atoms. The van der Waals surface area contributed by atoms with Gasteiger partial charge in [-0.1, -0.05) is 18.2 Å². The third-order valence-corrected chi connectivity index (χ3v) is 2.89. The molecule has 0 unspecified atom stereocenters. The van der Waals surface area contributed by atoms with Gasteiger partial charge in [-0.15, -0.1) is 0 Å². The summed E-state index contributed by atoms with van der Waals surface area (Å²) < 4.78 is 1.39. The molecule has 2 aromatic heterocycles. The summed E-state index contributed by atoms with van der Waals surface area (Å²) in [7, 11) is 0. The fraction of sp³-hybridized carbons (Fsp3) is 0.0714. The minimum absolute atomic E-state index is 0.192. The molecule has 0 aliphatic carbocycles. The van der Waals surface area contributed by atoms with E-state index < -0.39 is 0 Å². The number of pyridine rings is 1. The van der Waals surface area contributed by atoms with Crippen LogP contribution >= 0.6 is 0 Å². The normalized spacial score (nSPS) is 10.7. The number of nitrogens with zero attached hydrogens (tertiary/aromatic N) is 3. The van der Waals surface area contributed by atoms with E-state index in [9.17, 15) is 4.79 Å². The smallest absolute Gasteiger partial charge is 0.265 e. The number of hydrogen-bond acceptors (Lipinski definition) is 3. The van der Waals surface area contributed by atoms with E-state index in [-0.39, 0.29) is 5.56 Å². The monoisotopic (exact) mass is 237 g/mol. The molecule has 3 aromatic rings. The van der Waals surface area contributed by atoms with E-state index in [1.54, 1.807) is 18.5 Å². The Hall–Kier alpha value is -2.49. The van der Waals surface area contributed by atoms with Gasteiger partial charge < -0.3 is 0 Å². The lowest BCUT2D eigenvalue weighted by atomic mass is 10.2. The lowest BCUT2D eigenvalue weighted by molar-refractivity contribution is 0.812. The summed E-state index contributed by atoms with van der Waals surface area (Å²) in [6, 6.07) is 11.3. The molecule has 4 nitrogen and oxygen atoms in total. The summed E-state index contributed by atoms with van der Waals surface area (Å²) in [5, 5.41) is 4.96. The topological polar surface area (TPSA) is 47.8 Å². The van der Waals surface area contributed by atoms with Crippen LogP contribution in [0.25, 0.3) is 16.6 Å². The summed E-state index contributed by atoms with van der Waals surface area (Å²) >= 11 is 0. The highest BCUT2D eigenvalue weighted by Crippen LogP contribution is 2.11. The maximum atomic E-state index is 12.3. The molecule has 3 rings (SSSR count). The fourth-order valence-electron chi connectivity index (χ4n) is 1.95. The highest BCUT2D eigenvalue weighted by molar-refractivity contribution is 5.76. The van der Waals surface area contributed by atoms with Gasteiger partial charge >= 0.3 is 0 Å². The van der Waals surface area contributed by atoms with Crippen molar-refractivity contribution < 1.29 is 0 Å². The van der Waals surface area contributed by atoms with Crippen LogP contribution in [0.5, 0.6) is 0 Å². The van der Waals surface area contributed by atoms with Gasteiger partial charge in [-0.2, -0.15) is 9.78 Å².